The molecule has 1 amide bonds. The number of aliphatic hydroxyl groups is 1. The molecule has 0 bridgehead atoms. The minimum Gasteiger partial charge on any atom is -0.507 e. The molecule has 4 aromatic rings. The number of ketones is 1. The number of rotatable bonds is 4. The van der Waals surface area contributed by atoms with E-state index in [1.54, 1.807) is 43.5 Å². The van der Waals surface area contributed by atoms with Crippen molar-refractivity contribution in [2.45, 2.75) is 19.9 Å². The number of aromatic nitrogens is 1. The van der Waals surface area contributed by atoms with Gasteiger partial charge >= 0.3 is 5.91 Å². The Labute approximate surface area is 193 Å². The van der Waals surface area contributed by atoms with Crippen molar-refractivity contribution in [1.29, 1.82) is 0 Å². The summed E-state index contributed by atoms with van der Waals surface area (Å²) < 4.78 is 11.7. The molecule has 7 nitrogen and oxygen atoms in total. The lowest BCUT2D eigenvalue weighted by atomic mass is 9.99. The smallest absolute Gasteiger partial charge is 0.302 e. The van der Waals surface area contributed by atoms with Crippen molar-refractivity contribution < 1.29 is 23.8 Å². The van der Waals surface area contributed by atoms with Crippen molar-refractivity contribution in [1.82, 2.24) is 4.98 Å². The van der Waals surface area contributed by atoms with Gasteiger partial charge in [0.2, 0.25) is 0 Å². The lowest BCUT2D eigenvalue weighted by Crippen LogP contribution is -2.29. The van der Waals surface area contributed by atoms with Crippen molar-refractivity contribution in [2.75, 3.05) is 12.0 Å². The summed E-state index contributed by atoms with van der Waals surface area (Å²) in [7, 11) is 1.54. The van der Waals surface area contributed by atoms with Crippen molar-refractivity contribution in [3.05, 3.63) is 82.8 Å². The number of furan rings is 1. The van der Waals surface area contributed by atoms with Gasteiger partial charge in [-0.3, -0.25) is 14.5 Å². The van der Waals surface area contributed by atoms with E-state index in [-0.39, 0.29) is 11.3 Å². The van der Waals surface area contributed by atoms with Gasteiger partial charge in [-0.15, -0.1) is 0 Å². The third kappa shape index (κ3) is 3.39. The fourth-order valence-corrected chi connectivity index (χ4v) is 5.28. The first kappa shape index (κ1) is 21.0. The molecule has 2 aromatic carbocycles. The molecule has 1 aliphatic heterocycles. The molecule has 2 aromatic heterocycles. The minimum atomic E-state index is -0.941. The Morgan fingerprint density at radius 2 is 1.91 bits per heavy atom. The molecular formula is C25H20N2O5S. The first-order valence-corrected chi connectivity index (χ1v) is 11.1. The lowest BCUT2D eigenvalue weighted by molar-refractivity contribution is -0.132. The number of Topliss-reactive ketones (excluding diaryl/α,β-unsaturated/α-hetero) is 1. The van der Waals surface area contributed by atoms with Crippen LogP contribution in [0.2, 0.25) is 0 Å². The van der Waals surface area contributed by atoms with Crippen molar-refractivity contribution >= 4 is 44.1 Å². The van der Waals surface area contributed by atoms with E-state index in [9.17, 15) is 14.7 Å². The molecule has 1 atom stereocenters. The molecule has 1 N–H and O–H groups in total. The largest absolute Gasteiger partial charge is 0.507 e. The summed E-state index contributed by atoms with van der Waals surface area (Å²) in [5, 5.41) is 11.5. The predicted molar refractivity (Wildman–Crippen MR) is 126 cm³/mol. The third-order valence-electron chi connectivity index (χ3n) is 5.65. The van der Waals surface area contributed by atoms with Gasteiger partial charge in [0.05, 0.1) is 29.2 Å². The van der Waals surface area contributed by atoms with Gasteiger partial charge < -0.3 is 14.3 Å². The Hall–Kier alpha value is -3.91. The highest BCUT2D eigenvalue weighted by atomic mass is 32.1. The number of hydrogen-bond donors (Lipinski definition) is 1. The molecule has 1 unspecified atom stereocenters. The second kappa shape index (κ2) is 7.90. The van der Waals surface area contributed by atoms with E-state index in [4.69, 9.17) is 9.15 Å². The summed E-state index contributed by atoms with van der Waals surface area (Å²) in [6.45, 7) is 3.95. The van der Waals surface area contributed by atoms with E-state index in [1.807, 2.05) is 26.0 Å². The quantitative estimate of drug-likeness (QED) is 0.257. The van der Waals surface area contributed by atoms with Crippen LogP contribution < -0.4 is 9.64 Å². The average molecular weight is 461 g/mol. The van der Waals surface area contributed by atoms with Crippen LogP contribution in [0.1, 0.15) is 28.5 Å². The molecule has 1 saturated heterocycles. The summed E-state index contributed by atoms with van der Waals surface area (Å²) in [5.41, 5.74) is 3.18. The maximum Gasteiger partial charge on any atom is 0.302 e. The second-order valence-corrected chi connectivity index (χ2v) is 8.85. The summed E-state index contributed by atoms with van der Waals surface area (Å²) in [6, 6.07) is 13.0. The average Bonchev–Trinajstić information content (AvgIpc) is 3.52. The van der Waals surface area contributed by atoms with Gasteiger partial charge in [0.15, 0.2) is 5.13 Å². The number of anilines is 1. The van der Waals surface area contributed by atoms with E-state index < -0.39 is 17.7 Å². The summed E-state index contributed by atoms with van der Waals surface area (Å²) in [6.07, 6.45) is 1.47. The van der Waals surface area contributed by atoms with Gasteiger partial charge in [-0.2, -0.15) is 0 Å². The number of ether oxygens (including phenoxy) is 1. The van der Waals surface area contributed by atoms with Crippen LogP contribution >= 0.6 is 11.3 Å². The first-order chi connectivity index (χ1) is 15.9. The second-order valence-electron chi connectivity index (χ2n) is 7.84. The van der Waals surface area contributed by atoms with Gasteiger partial charge in [-0.05, 0) is 67.4 Å². The molecule has 5 rings (SSSR count). The Morgan fingerprint density at radius 3 is 2.58 bits per heavy atom. The normalized spacial score (nSPS) is 17.8. The number of carbonyl (C=O) groups is 2. The number of hydrogen-bond acceptors (Lipinski definition) is 7. The van der Waals surface area contributed by atoms with E-state index in [0.29, 0.717) is 22.2 Å². The molecular weight excluding hydrogens is 440 g/mol. The SMILES string of the molecule is COc1ccc(/C(O)=C2\C(=O)C(=O)N(c3nc4c(C)cc(C)cc4s3)C2c2ccco2)cc1. The van der Waals surface area contributed by atoms with Crippen molar-refractivity contribution in [3.8, 4) is 5.75 Å². The fourth-order valence-electron chi connectivity index (χ4n) is 4.11. The zero-order valence-corrected chi connectivity index (χ0v) is 19.0. The molecule has 33 heavy (non-hydrogen) atoms. The van der Waals surface area contributed by atoms with Crippen LogP contribution in [0.15, 0.2) is 64.8 Å². The van der Waals surface area contributed by atoms with Gasteiger partial charge in [-0.1, -0.05) is 17.4 Å². The molecule has 8 heteroatoms. The Kier molecular flexibility index (Phi) is 5.02. The molecule has 0 spiro atoms. The number of nitrogens with zero attached hydrogens (tertiary/aromatic N) is 2. The molecule has 1 fully saturated rings. The number of aryl methyl sites for hydroxylation is 2. The topological polar surface area (TPSA) is 92.9 Å². The number of thiazole rings is 1. The van der Waals surface area contributed by atoms with Gasteiger partial charge in [0.1, 0.15) is 23.3 Å². The molecule has 0 saturated carbocycles. The maximum atomic E-state index is 13.2. The van der Waals surface area contributed by atoms with Crippen molar-refractivity contribution in [2.24, 2.45) is 0 Å². The number of methoxy groups -OCH3 is 1. The number of carbonyl (C=O) groups excluding carboxylic acids is 2. The zero-order valence-electron chi connectivity index (χ0n) is 18.2. The highest BCUT2D eigenvalue weighted by molar-refractivity contribution is 7.22. The van der Waals surface area contributed by atoms with Crippen LogP contribution in [0.5, 0.6) is 5.75 Å². The van der Waals surface area contributed by atoms with Crippen molar-refractivity contribution in [3.63, 3.8) is 0 Å². The van der Waals surface area contributed by atoms with Crippen LogP contribution in [0.25, 0.3) is 16.0 Å². The van der Waals surface area contributed by atoms with Crippen LogP contribution in [-0.4, -0.2) is 28.9 Å². The van der Waals surface area contributed by atoms with Crippen LogP contribution in [0.3, 0.4) is 0 Å². The van der Waals surface area contributed by atoms with E-state index in [0.717, 1.165) is 21.3 Å². The van der Waals surface area contributed by atoms with E-state index in [2.05, 4.69) is 4.98 Å². The maximum absolute atomic E-state index is 13.2. The zero-order chi connectivity index (χ0) is 23.3. The lowest BCUT2D eigenvalue weighted by Gasteiger charge is -2.20. The molecule has 1 aliphatic rings. The molecule has 0 radical (unpaired) electrons. The summed E-state index contributed by atoms with van der Waals surface area (Å²) in [5.74, 6) is -0.879. The minimum absolute atomic E-state index is 0.0488. The predicted octanol–water partition coefficient (Wildman–Crippen LogP) is 5.14. The number of amides is 1. The Morgan fingerprint density at radius 1 is 1.15 bits per heavy atom. The number of aliphatic hydroxyl groups excluding tert-OH is 1. The standard InChI is InChI=1S/C25H20N2O5S/c1-13-11-14(2)20-18(12-13)33-25(26-20)27-21(17-5-4-10-32-17)19(23(29)24(27)30)22(28)15-6-8-16(31-3)9-7-15/h4-12,21,28H,1-3H3/b22-19+. The van der Waals surface area contributed by atoms with Gasteiger partial charge in [-0.25, -0.2) is 4.98 Å². The molecule has 166 valence electrons. The Balaban J connectivity index is 1.70. The highest BCUT2D eigenvalue weighted by Gasteiger charge is 2.49. The van der Waals surface area contributed by atoms with Gasteiger partial charge in [0.25, 0.3) is 5.78 Å². The molecule has 0 aliphatic carbocycles. The Bertz CT molecular complexity index is 1420. The van der Waals surface area contributed by atoms with E-state index in [1.165, 1.54) is 22.5 Å². The van der Waals surface area contributed by atoms with Gasteiger partial charge in [0, 0.05) is 5.56 Å². The fraction of sp³-hybridized carbons (Fsp3) is 0.160. The summed E-state index contributed by atoms with van der Waals surface area (Å²) >= 11 is 1.32. The summed E-state index contributed by atoms with van der Waals surface area (Å²) in [4.78, 5) is 32.4. The number of fused-ring (bicyclic) bond motifs is 1. The monoisotopic (exact) mass is 460 g/mol. The van der Waals surface area contributed by atoms with Crippen LogP contribution in [0.4, 0.5) is 5.13 Å². The van der Waals surface area contributed by atoms with E-state index >= 15 is 0 Å². The third-order valence-corrected chi connectivity index (χ3v) is 6.65. The highest BCUT2D eigenvalue weighted by Crippen LogP contribution is 2.44. The van der Waals surface area contributed by atoms with Crippen LogP contribution in [0, 0.1) is 13.8 Å². The van der Waals surface area contributed by atoms with Crippen LogP contribution in [-0.2, 0) is 9.59 Å². The molecule has 3 heterocycles. The number of benzene rings is 2. The first-order valence-electron chi connectivity index (χ1n) is 10.3.